The van der Waals surface area contributed by atoms with E-state index in [-0.39, 0.29) is 25.0 Å². The second-order valence-corrected chi connectivity index (χ2v) is 11.2. The van der Waals surface area contributed by atoms with E-state index in [1.165, 1.54) is 5.01 Å². The maximum absolute atomic E-state index is 14.0. The molecule has 9 heteroatoms. The number of fused-ring (bicyclic) bond motifs is 1. The Bertz CT molecular complexity index is 1240. The standard InChI is InChI=1S/C30H39N5O4/c1-29(2,31)27(38)32-24(15-9-14-22-12-7-8-13-23(22)19-36)26(37)35-17-16-25-30(20-35,28(39)34(3)33-25)18-21-10-5-4-6-11-21/h4-8,10-13,24,36H,9,14-20,31H2,1-3H3,(H,32,38)/t24-,30-/m1/s1. The minimum Gasteiger partial charge on any atom is -0.392 e. The minimum atomic E-state index is -1.15. The molecule has 1 fully saturated rings. The predicted molar refractivity (Wildman–Crippen MR) is 149 cm³/mol. The molecular formula is C30H39N5O4. The first kappa shape index (κ1) is 28.4. The van der Waals surface area contributed by atoms with Gasteiger partial charge in [0.25, 0.3) is 5.91 Å². The number of hydrogen-bond donors (Lipinski definition) is 3. The number of hydrogen-bond acceptors (Lipinski definition) is 6. The Kier molecular flexibility index (Phi) is 8.51. The van der Waals surface area contributed by atoms with Crippen LogP contribution in [0.25, 0.3) is 0 Å². The Morgan fingerprint density at radius 1 is 1.13 bits per heavy atom. The zero-order chi connectivity index (χ0) is 28.2. The maximum Gasteiger partial charge on any atom is 0.256 e. The van der Waals surface area contributed by atoms with Crippen molar-refractivity contribution in [1.29, 1.82) is 0 Å². The molecule has 2 aliphatic rings. The summed E-state index contributed by atoms with van der Waals surface area (Å²) in [6.45, 7) is 3.77. The molecule has 2 atom stereocenters. The molecule has 39 heavy (non-hydrogen) atoms. The second kappa shape index (κ2) is 11.7. The zero-order valence-electron chi connectivity index (χ0n) is 23.0. The van der Waals surface area contributed by atoms with Crippen molar-refractivity contribution in [3.63, 3.8) is 0 Å². The van der Waals surface area contributed by atoms with Crippen molar-refractivity contribution in [2.24, 2.45) is 16.3 Å². The van der Waals surface area contributed by atoms with E-state index >= 15 is 0 Å². The fraction of sp³-hybridized carbons (Fsp3) is 0.467. The molecule has 0 aliphatic carbocycles. The van der Waals surface area contributed by atoms with Gasteiger partial charge in [-0.1, -0.05) is 54.6 Å². The number of nitrogens with two attached hydrogens (primary N) is 1. The lowest BCUT2D eigenvalue weighted by Gasteiger charge is -2.41. The third kappa shape index (κ3) is 6.20. The lowest BCUT2D eigenvalue weighted by Crippen LogP contribution is -2.60. The number of aliphatic hydroxyl groups is 1. The monoisotopic (exact) mass is 533 g/mol. The van der Waals surface area contributed by atoms with Gasteiger partial charge in [0.2, 0.25) is 11.8 Å². The van der Waals surface area contributed by atoms with Crippen molar-refractivity contribution < 1.29 is 19.5 Å². The van der Waals surface area contributed by atoms with Gasteiger partial charge in [-0.15, -0.1) is 0 Å². The lowest BCUT2D eigenvalue weighted by atomic mass is 9.73. The van der Waals surface area contributed by atoms with E-state index in [1.54, 1.807) is 25.8 Å². The predicted octanol–water partition coefficient (Wildman–Crippen LogP) is 2.01. The Hall–Kier alpha value is -3.56. The quantitative estimate of drug-likeness (QED) is 0.430. The normalized spacial score (nSPS) is 19.9. The largest absolute Gasteiger partial charge is 0.392 e. The van der Waals surface area contributed by atoms with Gasteiger partial charge in [0, 0.05) is 26.6 Å². The van der Waals surface area contributed by atoms with Gasteiger partial charge in [-0.2, -0.15) is 5.10 Å². The number of aliphatic hydroxyl groups excluding tert-OH is 1. The molecular weight excluding hydrogens is 494 g/mol. The number of likely N-dealkylation sites (tertiary alicyclic amines) is 1. The number of benzene rings is 2. The fourth-order valence-electron chi connectivity index (χ4n) is 5.49. The molecule has 4 N–H and O–H groups in total. The third-order valence-corrected chi connectivity index (χ3v) is 7.68. The summed E-state index contributed by atoms with van der Waals surface area (Å²) in [6, 6.07) is 16.6. The summed E-state index contributed by atoms with van der Waals surface area (Å²) in [7, 11) is 1.66. The highest BCUT2D eigenvalue weighted by Gasteiger charge is 2.53. The fourth-order valence-corrected chi connectivity index (χ4v) is 5.49. The molecule has 2 aliphatic heterocycles. The highest BCUT2D eigenvalue weighted by Crippen LogP contribution is 2.38. The molecule has 0 bridgehead atoms. The van der Waals surface area contributed by atoms with Crippen LogP contribution in [0.4, 0.5) is 0 Å². The minimum absolute atomic E-state index is 0.0553. The van der Waals surface area contributed by atoms with Crippen LogP contribution < -0.4 is 11.1 Å². The van der Waals surface area contributed by atoms with Crippen molar-refractivity contribution in [2.75, 3.05) is 20.1 Å². The third-order valence-electron chi connectivity index (χ3n) is 7.68. The van der Waals surface area contributed by atoms with E-state index in [0.717, 1.165) is 22.4 Å². The Morgan fingerprint density at radius 3 is 2.46 bits per heavy atom. The molecule has 0 radical (unpaired) electrons. The number of hydrazone groups is 1. The number of amides is 3. The summed E-state index contributed by atoms with van der Waals surface area (Å²) in [5.41, 5.74) is 7.63. The number of piperidine rings is 1. The van der Waals surface area contributed by atoms with E-state index in [2.05, 4.69) is 10.4 Å². The van der Waals surface area contributed by atoms with Crippen LogP contribution >= 0.6 is 0 Å². The van der Waals surface area contributed by atoms with Gasteiger partial charge < -0.3 is 21.1 Å². The van der Waals surface area contributed by atoms with Crippen molar-refractivity contribution >= 4 is 23.4 Å². The van der Waals surface area contributed by atoms with Crippen molar-refractivity contribution in [3.05, 3.63) is 71.3 Å². The van der Waals surface area contributed by atoms with E-state index in [0.29, 0.717) is 38.6 Å². The zero-order valence-corrected chi connectivity index (χ0v) is 23.0. The summed E-state index contributed by atoms with van der Waals surface area (Å²) in [4.78, 5) is 42.0. The van der Waals surface area contributed by atoms with E-state index < -0.39 is 22.9 Å². The Morgan fingerprint density at radius 2 is 1.79 bits per heavy atom. The molecule has 0 spiro atoms. The number of rotatable bonds is 10. The van der Waals surface area contributed by atoms with Gasteiger partial charge >= 0.3 is 0 Å². The first-order chi connectivity index (χ1) is 18.5. The van der Waals surface area contributed by atoms with Crippen LogP contribution in [0, 0.1) is 5.41 Å². The molecule has 2 aromatic carbocycles. The molecule has 1 saturated heterocycles. The van der Waals surface area contributed by atoms with Gasteiger partial charge in [0.1, 0.15) is 11.5 Å². The Labute approximate surface area is 230 Å². The van der Waals surface area contributed by atoms with Crippen LogP contribution in [0.3, 0.4) is 0 Å². The maximum atomic E-state index is 14.0. The van der Waals surface area contributed by atoms with Crippen molar-refractivity contribution in [2.45, 2.75) is 64.1 Å². The smallest absolute Gasteiger partial charge is 0.256 e. The van der Waals surface area contributed by atoms with Crippen LogP contribution in [-0.4, -0.2) is 70.2 Å². The molecule has 4 rings (SSSR count). The summed E-state index contributed by atoms with van der Waals surface area (Å²) in [6.07, 6.45) is 2.61. The summed E-state index contributed by atoms with van der Waals surface area (Å²) < 4.78 is 0. The van der Waals surface area contributed by atoms with Gasteiger partial charge in [-0.25, -0.2) is 5.01 Å². The molecule has 0 unspecified atom stereocenters. The highest BCUT2D eigenvalue weighted by atomic mass is 16.3. The SMILES string of the molecule is CN1N=C2CCN(C(=O)[C@@H](CCCc3ccccc3CO)NC(=O)C(C)(C)N)C[C@@]2(Cc2ccccc2)C1=O. The molecule has 2 heterocycles. The van der Waals surface area contributed by atoms with Crippen LogP contribution in [0.1, 0.15) is 49.8 Å². The first-order valence-electron chi connectivity index (χ1n) is 13.5. The van der Waals surface area contributed by atoms with Crippen LogP contribution in [0.2, 0.25) is 0 Å². The summed E-state index contributed by atoms with van der Waals surface area (Å²) in [5, 5.41) is 18.5. The van der Waals surface area contributed by atoms with Crippen LogP contribution in [0.5, 0.6) is 0 Å². The van der Waals surface area contributed by atoms with Crippen LogP contribution in [0.15, 0.2) is 59.7 Å². The topological polar surface area (TPSA) is 128 Å². The molecule has 9 nitrogen and oxygen atoms in total. The summed E-state index contributed by atoms with van der Waals surface area (Å²) >= 11 is 0. The van der Waals surface area contributed by atoms with Gasteiger partial charge in [0.15, 0.2) is 0 Å². The molecule has 0 aromatic heterocycles. The molecule has 0 saturated carbocycles. The van der Waals surface area contributed by atoms with Crippen molar-refractivity contribution in [1.82, 2.24) is 15.2 Å². The first-order valence-corrected chi connectivity index (χ1v) is 13.5. The van der Waals surface area contributed by atoms with E-state index in [9.17, 15) is 19.5 Å². The Balaban J connectivity index is 1.55. The van der Waals surface area contributed by atoms with Crippen LogP contribution in [-0.2, 0) is 33.8 Å². The van der Waals surface area contributed by atoms with E-state index in [4.69, 9.17) is 5.73 Å². The second-order valence-electron chi connectivity index (χ2n) is 11.2. The molecule has 2 aromatic rings. The lowest BCUT2D eigenvalue weighted by molar-refractivity contribution is -0.142. The van der Waals surface area contributed by atoms with Gasteiger partial charge in [-0.3, -0.25) is 14.4 Å². The van der Waals surface area contributed by atoms with Crippen molar-refractivity contribution in [3.8, 4) is 0 Å². The van der Waals surface area contributed by atoms with Gasteiger partial charge in [-0.05, 0) is 56.2 Å². The number of aryl methyl sites for hydroxylation is 1. The summed E-state index contributed by atoms with van der Waals surface area (Å²) in [5.74, 6) is -0.758. The number of carbonyl (C=O) groups excluding carboxylic acids is 3. The number of nitrogens with one attached hydrogen (secondary N) is 1. The van der Waals surface area contributed by atoms with E-state index in [1.807, 2.05) is 54.6 Å². The molecule has 3 amide bonds. The number of carbonyl (C=O) groups is 3. The average molecular weight is 534 g/mol. The van der Waals surface area contributed by atoms with Gasteiger partial charge in [0.05, 0.1) is 17.9 Å². The highest BCUT2D eigenvalue weighted by molar-refractivity contribution is 6.13. The number of nitrogens with zero attached hydrogens (tertiary/aromatic N) is 3. The molecule has 208 valence electrons. The average Bonchev–Trinajstić information content (AvgIpc) is 3.16.